The number of hydrogen-bond acceptors (Lipinski definition) is 8. The molecule has 0 aliphatic carbocycles. The van der Waals surface area contributed by atoms with E-state index in [0.717, 1.165) is 37.0 Å². The lowest BCUT2D eigenvalue weighted by atomic mass is 10.2. The van der Waals surface area contributed by atoms with Crippen LogP contribution in [0.4, 0.5) is 15.9 Å². The van der Waals surface area contributed by atoms with Gasteiger partial charge in [-0.25, -0.2) is 17.8 Å². The maximum absolute atomic E-state index is 14.9. The van der Waals surface area contributed by atoms with E-state index in [0.29, 0.717) is 12.2 Å². The van der Waals surface area contributed by atoms with Crippen molar-refractivity contribution in [2.24, 2.45) is 0 Å². The number of rotatable bonds is 8. The topological polar surface area (TPSA) is 87.7 Å². The highest BCUT2D eigenvalue weighted by Crippen LogP contribution is 2.34. The number of benzene rings is 1. The number of hydrogen-bond donors (Lipinski definition) is 1. The summed E-state index contributed by atoms with van der Waals surface area (Å²) in [6, 6.07) is 6.09. The van der Waals surface area contributed by atoms with E-state index in [1.807, 2.05) is 24.1 Å². The van der Waals surface area contributed by atoms with Gasteiger partial charge in [0.2, 0.25) is 0 Å². The van der Waals surface area contributed by atoms with Crippen molar-refractivity contribution in [2.45, 2.75) is 23.9 Å². The Kier molecular flexibility index (Phi) is 7.03. The van der Waals surface area contributed by atoms with E-state index in [9.17, 15) is 12.8 Å². The molecular weight excluding hydrogens is 489 g/mol. The Hall–Kier alpha value is -2.47. The summed E-state index contributed by atoms with van der Waals surface area (Å²) in [5.74, 6) is -0.00756. The first-order valence-corrected chi connectivity index (χ1v) is 12.9. The predicted octanol–water partition coefficient (Wildman–Crippen LogP) is 3.85. The molecule has 1 unspecified atom stereocenters. The molecule has 0 spiro atoms. The summed E-state index contributed by atoms with van der Waals surface area (Å²) >= 11 is 7.64. The highest BCUT2D eigenvalue weighted by atomic mass is 35.5. The summed E-state index contributed by atoms with van der Waals surface area (Å²) < 4.78 is 47.7. The number of likely N-dealkylation sites (tertiary alicyclic amines) is 1. The molecule has 1 aliphatic rings. The molecule has 3 heterocycles. The second-order valence-electron chi connectivity index (χ2n) is 7.65. The van der Waals surface area contributed by atoms with Crippen molar-refractivity contribution in [1.82, 2.24) is 14.9 Å². The van der Waals surface area contributed by atoms with Crippen molar-refractivity contribution in [1.29, 1.82) is 0 Å². The maximum Gasteiger partial charge on any atom is 0.266 e. The number of pyridine rings is 1. The number of anilines is 2. The molecule has 1 N–H and O–H groups in total. The molecular formula is C21H23ClFN5O3S2. The van der Waals surface area contributed by atoms with Gasteiger partial charge in [-0.05, 0) is 24.6 Å². The summed E-state index contributed by atoms with van der Waals surface area (Å²) in [7, 11) is -0.709. The predicted molar refractivity (Wildman–Crippen MR) is 127 cm³/mol. The zero-order chi connectivity index (χ0) is 23.6. The molecule has 1 atom stereocenters. The van der Waals surface area contributed by atoms with Gasteiger partial charge in [0.1, 0.15) is 16.5 Å². The van der Waals surface area contributed by atoms with Crippen LogP contribution in [0.3, 0.4) is 0 Å². The minimum absolute atomic E-state index is 0.0761. The summed E-state index contributed by atoms with van der Waals surface area (Å²) in [6.45, 7) is 2.19. The van der Waals surface area contributed by atoms with Crippen molar-refractivity contribution in [2.75, 3.05) is 36.9 Å². The Morgan fingerprint density at radius 1 is 1.39 bits per heavy atom. The van der Waals surface area contributed by atoms with Crippen molar-refractivity contribution in [3.8, 4) is 5.75 Å². The van der Waals surface area contributed by atoms with Gasteiger partial charge >= 0.3 is 0 Å². The van der Waals surface area contributed by atoms with E-state index < -0.39 is 20.7 Å². The Labute approximate surface area is 201 Å². The Bertz CT molecular complexity index is 1230. The highest BCUT2D eigenvalue weighted by Gasteiger charge is 2.29. The summed E-state index contributed by atoms with van der Waals surface area (Å²) in [5.41, 5.74) is 2.77. The van der Waals surface area contributed by atoms with Crippen LogP contribution in [0.1, 0.15) is 12.1 Å². The van der Waals surface area contributed by atoms with E-state index >= 15 is 0 Å². The molecule has 1 saturated heterocycles. The number of halogens is 2. The normalized spacial score (nSPS) is 16.7. The monoisotopic (exact) mass is 511 g/mol. The Morgan fingerprint density at radius 3 is 2.94 bits per heavy atom. The van der Waals surface area contributed by atoms with Gasteiger partial charge in [-0.2, -0.15) is 0 Å². The number of thiazole rings is 1. The molecule has 3 aromatic rings. The SMILES string of the molecule is COc1cccnc1CN1CCC(N(C)c2cc(F)c(S(=O)(=O)Nc3cscn3)cc2Cl)C1. The number of nitrogens with zero attached hydrogens (tertiary/aromatic N) is 4. The first kappa shape index (κ1) is 23.7. The van der Waals surface area contributed by atoms with Crippen molar-refractivity contribution in [3.05, 3.63) is 57.9 Å². The zero-order valence-electron chi connectivity index (χ0n) is 18.0. The molecule has 176 valence electrons. The third kappa shape index (κ3) is 5.21. The molecule has 2 aromatic heterocycles. The van der Waals surface area contributed by atoms with Gasteiger partial charge < -0.3 is 9.64 Å². The summed E-state index contributed by atoms with van der Waals surface area (Å²) in [4.78, 5) is 11.9. The molecule has 1 fully saturated rings. The molecule has 1 aliphatic heterocycles. The van der Waals surface area contributed by atoms with Crippen LogP contribution in [0.15, 0.2) is 46.2 Å². The fourth-order valence-corrected chi connectivity index (χ4v) is 5.86. The van der Waals surface area contributed by atoms with Gasteiger partial charge in [0.15, 0.2) is 5.82 Å². The summed E-state index contributed by atoms with van der Waals surface area (Å²) in [5, 5.41) is 1.67. The van der Waals surface area contributed by atoms with Gasteiger partial charge in [0.25, 0.3) is 10.0 Å². The average Bonchev–Trinajstić information content (AvgIpc) is 3.47. The van der Waals surface area contributed by atoms with Gasteiger partial charge in [-0.3, -0.25) is 14.6 Å². The van der Waals surface area contributed by atoms with Crippen LogP contribution >= 0.6 is 22.9 Å². The number of likely N-dealkylation sites (N-methyl/N-ethyl adjacent to an activating group) is 1. The Balaban J connectivity index is 1.48. The third-order valence-electron chi connectivity index (χ3n) is 5.58. The minimum Gasteiger partial charge on any atom is -0.495 e. The van der Waals surface area contributed by atoms with Crippen LogP contribution in [0.2, 0.25) is 5.02 Å². The van der Waals surface area contributed by atoms with E-state index in [2.05, 4.69) is 19.6 Å². The lowest BCUT2D eigenvalue weighted by Crippen LogP contribution is -2.35. The Morgan fingerprint density at radius 2 is 2.21 bits per heavy atom. The number of ether oxygens (including phenoxy) is 1. The number of methoxy groups -OCH3 is 1. The van der Waals surface area contributed by atoms with E-state index in [1.165, 1.54) is 28.3 Å². The molecule has 1 aromatic carbocycles. The quantitative estimate of drug-likeness (QED) is 0.491. The number of nitrogens with one attached hydrogen (secondary N) is 1. The van der Waals surface area contributed by atoms with Crippen molar-refractivity contribution < 1.29 is 17.5 Å². The van der Waals surface area contributed by atoms with Gasteiger partial charge in [-0.1, -0.05) is 11.6 Å². The number of sulfonamides is 1. The van der Waals surface area contributed by atoms with Crippen LogP contribution in [0.25, 0.3) is 0 Å². The van der Waals surface area contributed by atoms with Crippen LogP contribution in [0, 0.1) is 5.82 Å². The molecule has 12 heteroatoms. The van der Waals surface area contributed by atoms with Gasteiger partial charge in [0.05, 0.1) is 29.0 Å². The first-order valence-electron chi connectivity index (χ1n) is 10.1. The van der Waals surface area contributed by atoms with E-state index in [1.54, 1.807) is 13.3 Å². The maximum atomic E-state index is 14.9. The molecule has 8 nitrogen and oxygen atoms in total. The lowest BCUT2D eigenvalue weighted by Gasteiger charge is -2.28. The van der Waals surface area contributed by atoms with Crippen molar-refractivity contribution in [3.63, 3.8) is 0 Å². The standard InChI is InChI=1S/C21H23ClFN5O3S2/c1-27(14-5-7-28(10-14)11-17-19(31-2)4-3-6-24-17)18-9-16(23)20(8-15(18)22)33(29,30)26-21-12-32-13-25-21/h3-4,6,8-9,12-14,26H,5,7,10-11H2,1-2H3. The van der Waals surface area contributed by atoms with Gasteiger partial charge in [0, 0.05) is 50.4 Å². The number of aromatic nitrogens is 2. The zero-order valence-corrected chi connectivity index (χ0v) is 20.4. The fourth-order valence-electron chi connectivity index (χ4n) is 3.86. The largest absolute Gasteiger partial charge is 0.495 e. The van der Waals surface area contributed by atoms with Crippen molar-refractivity contribution >= 4 is 44.5 Å². The lowest BCUT2D eigenvalue weighted by molar-refractivity contribution is 0.311. The first-order chi connectivity index (χ1) is 15.8. The second-order valence-corrected chi connectivity index (χ2v) is 10.4. The summed E-state index contributed by atoms with van der Waals surface area (Å²) in [6.07, 6.45) is 2.58. The fraction of sp³-hybridized carbons (Fsp3) is 0.333. The molecule has 0 saturated carbocycles. The molecule has 0 radical (unpaired) electrons. The van der Waals surface area contributed by atoms with Crippen LogP contribution < -0.4 is 14.4 Å². The van der Waals surface area contributed by atoms with Crippen LogP contribution in [-0.4, -0.2) is 56.6 Å². The minimum atomic E-state index is -4.16. The van der Waals surface area contributed by atoms with Gasteiger partial charge in [-0.15, -0.1) is 11.3 Å². The highest BCUT2D eigenvalue weighted by molar-refractivity contribution is 7.92. The molecule has 33 heavy (non-hydrogen) atoms. The average molecular weight is 512 g/mol. The van der Waals surface area contributed by atoms with Crippen LogP contribution in [-0.2, 0) is 16.6 Å². The molecule has 0 bridgehead atoms. The third-order valence-corrected chi connectivity index (χ3v) is 7.84. The molecule has 4 rings (SSSR count). The second kappa shape index (κ2) is 9.80. The van der Waals surface area contributed by atoms with E-state index in [4.69, 9.17) is 16.3 Å². The smallest absolute Gasteiger partial charge is 0.266 e. The van der Waals surface area contributed by atoms with E-state index in [-0.39, 0.29) is 16.9 Å². The van der Waals surface area contributed by atoms with Crippen LogP contribution in [0.5, 0.6) is 5.75 Å². The molecule has 0 amide bonds.